The van der Waals surface area contributed by atoms with E-state index in [9.17, 15) is 14.0 Å². The zero-order chi connectivity index (χ0) is 31.1. The Morgan fingerprint density at radius 2 is 1.61 bits per heavy atom. The van der Waals surface area contributed by atoms with Crippen molar-refractivity contribution in [1.29, 1.82) is 0 Å². The van der Waals surface area contributed by atoms with E-state index >= 15 is 0 Å². The molecule has 10 heteroatoms. The predicted molar refractivity (Wildman–Crippen MR) is 171 cm³/mol. The van der Waals surface area contributed by atoms with E-state index < -0.39 is 17.8 Å². The summed E-state index contributed by atoms with van der Waals surface area (Å²) in [4.78, 5) is 40.9. The molecule has 1 aliphatic rings. The number of nitrogens with one attached hydrogen (secondary N) is 1. The van der Waals surface area contributed by atoms with E-state index in [1.165, 1.54) is 23.9 Å². The summed E-state index contributed by atoms with van der Waals surface area (Å²) >= 11 is 1.23. The van der Waals surface area contributed by atoms with Gasteiger partial charge < -0.3 is 19.9 Å². The van der Waals surface area contributed by atoms with E-state index in [1.807, 2.05) is 75.4 Å². The van der Waals surface area contributed by atoms with Gasteiger partial charge in [-0.15, -0.1) is 0 Å². The average molecular weight is 614 g/mol. The lowest BCUT2D eigenvalue weighted by atomic mass is 10.0. The topological polar surface area (TPSA) is 87.7 Å². The minimum absolute atomic E-state index is 0.0218. The minimum atomic E-state index is -1.03. The highest BCUT2D eigenvalue weighted by Gasteiger charge is 2.32. The van der Waals surface area contributed by atoms with Crippen molar-refractivity contribution in [3.05, 3.63) is 113 Å². The summed E-state index contributed by atoms with van der Waals surface area (Å²) in [7, 11) is 0. The normalized spacial score (nSPS) is 13.8. The van der Waals surface area contributed by atoms with Crippen LogP contribution in [0.4, 0.5) is 15.8 Å². The van der Waals surface area contributed by atoms with Gasteiger partial charge in [0.1, 0.15) is 11.9 Å². The van der Waals surface area contributed by atoms with Crippen LogP contribution in [0.3, 0.4) is 0 Å². The maximum Gasteiger partial charge on any atom is 0.251 e. The van der Waals surface area contributed by atoms with E-state index in [0.717, 1.165) is 41.3 Å². The van der Waals surface area contributed by atoms with Crippen molar-refractivity contribution in [3.8, 4) is 0 Å². The van der Waals surface area contributed by atoms with Gasteiger partial charge in [0.2, 0.25) is 5.91 Å². The first-order chi connectivity index (χ1) is 21.3. The first-order valence-corrected chi connectivity index (χ1v) is 15.5. The molecular formula is C34H36FN5O3S. The molecule has 4 aromatic rings. The number of ether oxygens (including phenoxy) is 1. The molecule has 2 heterocycles. The second-order valence-electron chi connectivity index (χ2n) is 10.8. The van der Waals surface area contributed by atoms with Crippen LogP contribution >= 0.6 is 11.8 Å². The molecule has 1 atom stereocenters. The Morgan fingerprint density at radius 3 is 2.27 bits per heavy atom. The number of amides is 2. The zero-order valence-corrected chi connectivity index (χ0v) is 25.9. The Bertz CT molecular complexity index is 1570. The molecule has 1 aromatic heterocycles. The highest BCUT2D eigenvalue weighted by molar-refractivity contribution is 7.99. The van der Waals surface area contributed by atoms with Crippen molar-refractivity contribution >= 4 is 35.0 Å². The quantitative estimate of drug-likeness (QED) is 0.177. The van der Waals surface area contributed by atoms with Gasteiger partial charge in [-0.05, 0) is 79.9 Å². The van der Waals surface area contributed by atoms with Crippen LogP contribution in [-0.4, -0.2) is 58.7 Å². The average Bonchev–Trinajstić information content (AvgIpc) is 3.02. The summed E-state index contributed by atoms with van der Waals surface area (Å²) in [5.41, 5.74) is 5.67. The number of morpholine rings is 1. The van der Waals surface area contributed by atoms with Gasteiger partial charge in [-0.3, -0.25) is 9.59 Å². The van der Waals surface area contributed by atoms with Crippen LogP contribution in [0, 0.1) is 26.6 Å². The van der Waals surface area contributed by atoms with Crippen LogP contribution in [0.25, 0.3) is 0 Å². The molecule has 1 unspecified atom stereocenters. The Hall–Kier alpha value is -4.28. The fourth-order valence-electron chi connectivity index (χ4n) is 5.17. The van der Waals surface area contributed by atoms with E-state index in [1.54, 1.807) is 17.0 Å². The lowest BCUT2D eigenvalue weighted by Gasteiger charge is -2.32. The number of hydrogen-bond acceptors (Lipinski definition) is 7. The number of thioether (sulfide) groups is 1. The van der Waals surface area contributed by atoms with Crippen molar-refractivity contribution in [2.45, 2.75) is 38.5 Å². The first kappa shape index (κ1) is 31.2. The van der Waals surface area contributed by atoms with Gasteiger partial charge in [0.15, 0.2) is 5.16 Å². The molecule has 0 bridgehead atoms. The Labute approximate surface area is 261 Å². The molecule has 44 heavy (non-hydrogen) atoms. The van der Waals surface area contributed by atoms with Crippen LogP contribution in [0.15, 0.2) is 84.0 Å². The third-order valence-electron chi connectivity index (χ3n) is 7.47. The zero-order valence-electron chi connectivity index (χ0n) is 25.1. The maximum atomic E-state index is 14.1. The summed E-state index contributed by atoms with van der Waals surface area (Å²) < 4.78 is 19.5. The van der Waals surface area contributed by atoms with Gasteiger partial charge in [0.25, 0.3) is 5.91 Å². The van der Waals surface area contributed by atoms with Crippen LogP contribution < -0.4 is 10.2 Å². The molecule has 2 amide bonds. The molecule has 1 fully saturated rings. The van der Waals surface area contributed by atoms with Gasteiger partial charge in [-0.1, -0.05) is 48.2 Å². The fraction of sp³-hybridized carbons (Fsp3) is 0.294. The lowest BCUT2D eigenvalue weighted by Crippen LogP contribution is -2.42. The molecule has 0 radical (unpaired) electrons. The summed E-state index contributed by atoms with van der Waals surface area (Å²) in [6.45, 7) is 8.89. The second kappa shape index (κ2) is 14.5. The van der Waals surface area contributed by atoms with Gasteiger partial charge in [-0.2, -0.15) is 0 Å². The van der Waals surface area contributed by atoms with E-state index in [2.05, 4.69) is 20.2 Å². The summed E-state index contributed by atoms with van der Waals surface area (Å²) in [6.07, 6.45) is 0. The highest BCUT2D eigenvalue weighted by atomic mass is 32.2. The number of nitrogens with zero attached hydrogens (tertiary/aromatic N) is 4. The van der Waals surface area contributed by atoms with Crippen molar-refractivity contribution in [2.24, 2.45) is 0 Å². The fourth-order valence-corrected chi connectivity index (χ4v) is 6.00. The molecule has 1 saturated heterocycles. The molecule has 0 spiro atoms. The number of benzene rings is 3. The number of aromatic nitrogens is 2. The summed E-state index contributed by atoms with van der Waals surface area (Å²) in [6, 6.07) is 22.0. The van der Waals surface area contributed by atoms with E-state index in [4.69, 9.17) is 4.74 Å². The van der Waals surface area contributed by atoms with Crippen molar-refractivity contribution in [1.82, 2.24) is 14.9 Å². The van der Waals surface area contributed by atoms with Crippen LogP contribution in [0.1, 0.15) is 34.1 Å². The summed E-state index contributed by atoms with van der Waals surface area (Å²) in [5.74, 6) is -1.07. The molecule has 5 rings (SSSR count). The maximum absolute atomic E-state index is 14.1. The van der Waals surface area contributed by atoms with Gasteiger partial charge in [0.05, 0.1) is 19.0 Å². The third-order valence-corrected chi connectivity index (χ3v) is 8.30. The molecule has 1 aliphatic heterocycles. The lowest BCUT2D eigenvalue weighted by molar-refractivity contribution is -0.137. The molecule has 3 aromatic carbocycles. The number of aryl methyl sites for hydroxylation is 3. The van der Waals surface area contributed by atoms with Gasteiger partial charge >= 0.3 is 0 Å². The van der Waals surface area contributed by atoms with E-state index in [-0.39, 0.29) is 18.2 Å². The SMILES string of the molecule is Cc1cc(C)nc(SCC(=O)N(Cc2ccccc2C)C(C(=O)Nc2ccc(N3CCOCC3)cc2)c2ccc(F)cc2)n1. The number of carbonyl (C=O) groups is 2. The van der Waals surface area contributed by atoms with Crippen molar-refractivity contribution in [2.75, 3.05) is 42.3 Å². The third kappa shape index (κ3) is 8.00. The number of hydrogen-bond donors (Lipinski definition) is 1. The van der Waals surface area contributed by atoms with Crippen LogP contribution in [0.2, 0.25) is 0 Å². The predicted octanol–water partition coefficient (Wildman–Crippen LogP) is 5.88. The Balaban J connectivity index is 1.45. The molecule has 228 valence electrons. The molecule has 8 nitrogen and oxygen atoms in total. The second-order valence-corrected chi connectivity index (χ2v) is 11.7. The van der Waals surface area contributed by atoms with Crippen molar-refractivity contribution < 1.29 is 18.7 Å². The number of carbonyl (C=O) groups excluding carboxylic acids is 2. The molecule has 1 N–H and O–H groups in total. The standard InChI is InChI=1S/C34H36FN5O3S/c1-23-6-4-5-7-27(23)21-40(31(41)22-44-34-36-24(2)20-25(3)37-34)32(26-8-10-28(35)11-9-26)33(42)38-29-12-14-30(15-13-29)39-16-18-43-19-17-39/h4-15,20,32H,16-19,21-22H2,1-3H3,(H,38,42). The molecule has 0 aliphatic carbocycles. The number of anilines is 2. The first-order valence-electron chi connectivity index (χ1n) is 14.5. The Kier molecular flexibility index (Phi) is 10.2. The van der Waals surface area contributed by atoms with Gasteiger partial charge in [0, 0.05) is 42.4 Å². The van der Waals surface area contributed by atoms with Gasteiger partial charge in [-0.25, -0.2) is 14.4 Å². The monoisotopic (exact) mass is 613 g/mol. The summed E-state index contributed by atoms with van der Waals surface area (Å²) in [5, 5.41) is 3.50. The number of rotatable bonds is 10. The molecular weight excluding hydrogens is 577 g/mol. The largest absolute Gasteiger partial charge is 0.378 e. The van der Waals surface area contributed by atoms with Crippen LogP contribution in [0.5, 0.6) is 0 Å². The van der Waals surface area contributed by atoms with Crippen molar-refractivity contribution in [3.63, 3.8) is 0 Å². The van der Waals surface area contributed by atoms with Crippen LogP contribution in [-0.2, 0) is 20.9 Å². The molecule has 0 saturated carbocycles. The highest BCUT2D eigenvalue weighted by Crippen LogP contribution is 2.29. The van der Waals surface area contributed by atoms with E-state index in [0.29, 0.717) is 29.6 Å². The smallest absolute Gasteiger partial charge is 0.251 e. The number of halogens is 1. The minimum Gasteiger partial charge on any atom is -0.378 e. The Morgan fingerprint density at radius 1 is 0.955 bits per heavy atom.